The highest BCUT2D eigenvalue weighted by Gasteiger charge is 2.32. The van der Waals surface area contributed by atoms with Crippen LogP contribution in [0.3, 0.4) is 0 Å². The van der Waals surface area contributed by atoms with Gasteiger partial charge in [0.25, 0.3) is 0 Å². The third-order valence-electron chi connectivity index (χ3n) is 19.6. The van der Waals surface area contributed by atoms with Crippen molar-refractivity contribution in [2.45, 2.75) is 88.5 Å². The van der Waals surface area contributed by atoms with Crippen molar-refractivity contribution in [1.29, 1.82) is 0 Å². The van der Waals surface area contributed by atoms with E-state index in [2.05, 4.69) is 115 Å². The lowest BCUT2D eigenvalue weighted by Gasteiger charge is -2.22. The number of pyridine rings is 6. The van der Waals surface area contributed by atoms with Gasteiger partial charge in [-0.05, 0) is 242 Å². The van der Waals surface area contributed by atoms with Gasteiger partial charge in [-0.15, -0.1) is 0 Å². The number of esters is 2. The average molecular weight is 1560 g/mol. The van der Waals surface area contributed by atoms with Crippen molar-refractivity contribution in [2.24, 2.45) is 0 Å². The number of aliphatic hydroxyl groups is 1. The van der Waals surface area contributed by atoms with Crippen molar-refractivity contribution in [2.75, 3.05) is 68.4 Å². The molecule has 116 heavy (non-hydrogen) atoms. The molecule has 4 aromatic carbocycles. The van der Waals surface area contributed by atoms with E-state index in [1.165, 1.54) is 44.6 Å². The van der Waals surface area contributed by atoms with E-state index < -0.39 is 17.9 Å². The van der Waals surface area contributed by atoms with Crippen molar-refractivity contribution in [3.05, 3.63) is 261 Å². The quantitative estimate of drug-likeness (QED) is 0.0529. The van der Waals surface area contributed by atoms with Crippen LogP contribution in [0.1, 0.15) is 118 Å². The molecule has 0 saturated carbocycles. The molecule has 16 rings (SSSR count). The molecule has 5 N–H and O–H groups in total. The summed E-state index contributed by atoms with van der Waals surface area (Å²) in [5.41, 5.74) is 16.4. The number of aromatic nitrogens is 12. The van der Waals surface area contributed by atoms with Gasteiger partial charge in [0.2, 0.25) is 0 Å². The van der Waals surface area contributed by atoms with Crippen molar-refractivity contribution < 1.29 is 63.7 Å². The van der Waals surface area contributed by atoms with Gasteiger partial charge in [0.05, 0.1) is 83.4 Å². The number of rotatable bonds is 17. The Balaban J connectivity index is 0.000000142. The predicted molar refractivity (Wildman–Crippen MR) is 440 cm³/mol. The number of fused-ring (bicyclic) bond motifs is 15. The molecule has 0 aliphatic carbocycles. The Hall–Kier alpha value is -14.2. The number of carboxylic acids is 2. The van der Waals surface area contributed by atoms with Crippen molar-refractivity contribution in [3.63, 3.8) is 0 Å². The molecule has 13 aromatic rings. The van der Waals surface area contributed by atoms with Gasteiger partial charge >= 0.3 is 23.9 Å². The smallest absolute Gasteiger partial charge is 0.337 e. The third kappa shape index (κ3) is 17.2. The molecule has 3 aliphatic rings. The lowest BCUT2D eigenvalue weighted by Crippen LogP contribution is -2.20. The van der Waals surface area contributed by atoms with Crippen LogP contribution < -0.4 is 24.2 Å². The number of hydrogen-bond acceptors (Lipinski definition) is 23. The normalized spacial score (nSPS) is 11.5. The molecular formula is C88H89N15O13. The largest absolute Gasteiger partial charge is 0.508 e. The van der Waals surface area contributed by atoms with E-state index in [0.29, 0.717) is 60.5 Å². The van der Waals surface area contributed by atoms with Gasteiger partial charge in [0.15, 0.2) is 17.5 Å². The second-order valence-corrected chi connectivity index (χ2v) is 27.3. The zero-order valence-corrected chi connectivity index (χ0v) is 66.4. The molecule has 0 bridgehead atoms. The van der Waals surface area contributed by atoms with Gasteiger partial charge in [-0.25, -0.2) is 64.0 Å². The number of aromatic hydroxyl groups is 2. The van der Waals surface area contributed by atoms with Crippen LogP contribution in [0.4, 0.5) is 34.9 Å². The molecule has 594 valence electrons. The van der Waals surface area contributed by atoms with Gasteiger partial charge < -0.3 is 59.2 Å². The number of phenolic OH excluding ortho intramolecular Hbond substituents is 2. The molecule has 3 aliphatic heterocycles. The van der Waals surface area contributed by atoms with Crippen LogP contribution in [0, 0.1) is 48.5 Å². The number of hydrogen-bond donors (Lipinski definition) is 5. The maximum Gasteiger partial charge on any atom is 0.337 e. The van der Waals surface area contributed by atoms with E-state index in [4.69, 9.17) is 54.6 Å². The Morgan fingerprint density at radius 1 is 0.371 bits per heavy atom. The first kappa shape index (κ1) is 81.3. The summed E-state index contributed by atoms with van der Waals surface area (Å²) in [6, 6.07) is 37.3. The first-order valence-electron chi connectivity index (χ1n) is 37.6. The third-order valence-corrected chi connectivity index (χ3v) is 19.6. The van der Waals surface area contributed by atoms with Crippen molar-refractivity contribution in [3.8, 4) is 74.2 Å². The number of ether oxygens (including phenoxy) is 4. The molecule has 28 heteroatoms. The van der Waals surface area contributed by atoms with Crippen LogP contribution in [-0.2, 0) is 28.7 Å². The Morgan fingerprint density at radius 2 is 0.690 bits per heavy atom. The molecule has 0 amide bonds. The minimum Gasteiger partial charge on any atom is -0.508 e. The molecule has 9 aromatic heterocycles. The van der Waals surface area contributed by atoms with Crippen LogP contribution in [0.25, 0.3) is 51.2 Å². The van der Waals surface area contributed by atoms with Gasteiger partial charge in [-0.3, -0.25) is 13.7 Å². The van der Waals surface area contributed by atoms with Crippen molar-refractivity contribution in [1.82, 2.24) is 58.6 Å². The predicted octanol–water partition coefficient (Wildman–Crippen LogP) is 15.1. The number of aryl methyl sites for hydroxylation is 7. The van der Waals surface area contributed by atoms with Gasteiger partial charge in [0, 0.05) is 112 Å². The fourth-order valence-corrected chi connectivity index (χ4v) is 13.7. The highest BCUT2D eigenvalue weighted by molar-refractivity contribution is 5.92. The first-order chi connectivity index (χ1) is 56.0. The summed E-state index contributed by atoms with van der Waals surface area (Å²) in [6.45, 7) is 22.8. The number of aromatic carboxylic acids is 2. The number of benzene rings is 4. The van der Waals surface area contributed by atoms with Gasteiger partial charge in [0.1, 0.15) is 57.9 Å². The Bertz CT molecular complexity index is 5820. The Kier molecular flexibility index (Phi) is 25.3. The fourth-order valence-electron chi connectivity index (χ4n) is 13.7. The molecule has 28 nitrogen and oxygen atoms in total. The maximum atomic E-state index is 11.7. The number of phenols is 2. The zero-order valence-electron chi connectivity index (χ0n) is 66.4. The fraction of sp³-hybridized carbons (Fsp3) is 0.239. The molecule has 0 unspecified atom stereocenters. The van der Waals surface area contributed by atoms with Crippen LogP contribution in [0.5, 0.6) is 23.0 Å². The molecular weight excluding hydrogens is 1480 g/mol. The molecule has 0 spiro atoms. The lowest BCUT2D eigenvalue weighted by molar-refractivity contribution is 0.0591. The maximum absolute atomic E-state index is 11.7. The van der Waals surface area contributed by atoms with E-state index in [1.54, 1.807) is 68.7 Å². The summed E-state index contributed by atoms with van der Waals surface area (Å²) < 4.78 is 27.7. The van der Waals surface area contributed by atoms with Gasteiger partial charge in [-0.1, -0.05) is 0 Å². The summed E-state index contributed by atoms with van der Waals surface area (Å²) in [6.07, 6.45) is 18.5. The second-order valence-electron chi connectivity index (χ2n) is 27.3. The standard InChI is InChI=1S/C27H27N5O3.C26H25N5O3.C18H19N5O.C9H10O3.C8H8O3/c1-5-31-24-21(25-29-15-18(3)32(25)22-7-6-11-28-26(22)31)14-19(16-30-24)10-12-35-23-9-8-20(13-17(23)2)27(33)34-4;1-4-30-23-20(24-28-14-17(3)31(24)21-6-5-10-27-25(21)30)13-18(15-29-23)9-11-34-22-8-7-19(26(32)33)12-16(22)2;1-3-22-16-14(9-13(6-8-24)11-21-16)17-20-10-12(2)23(17)15-5-4-7-19-18(15)22;1-6-5-7(9(11)12-2)3-4-8(6)10;1-5-4-6(8(10)11)2-3-7(5)9/h6-9,11,13-16H,5,10,12H2,1-4H3;5-8,10,12-15H,4,9,11H2,1-3H3,(H,32,33);4-5,7,9-11,24H,3,6,8H2,1-2H3;3-5,10H,1-2H3;2-4,9H,1H3,(H,10,11). The highest BCUT2D eigenvalue weighted by atomic mass is 16.5. The zero-order chi connectivity index (χ0) is 82.6. The summed E-state index contributed by atoms with van der Waals surface area (Å²) in [7, 11) is 2.70. The Morgan fingerprint density at radius 3 is 1.02 bits per heavy atom. The first-order valence-corrected chi connectivity index (χ1v) is 37.6. The van der Waals surface area contributed by atoms with E-state index in [0.717, 1.165) is 156 Å². The number of carbonyl (C=O) groups excluding carboxylic acids is 2. The summed E-state index contributed by atoms with van der Waals surface area (Å²) in [4.78, 5) is 93.0. The minimum absolute atomic E-state index is 0.104. The number of methoxy groups -OCH3 is 2. The molecule has 0 atom stereocenters. The van der Waals surface area contributed by atoms with Crippen LogP contribution in [0.2, 0.25) is 0 Å². The SMILES string of the molecule is CCN1c2ncc(CCO)cc2-c2ncc(C)n2-c2cccnc21.CCN1c2ncc(CCOc3ccc(C(=O)O)cc3C)cc2-c2ncc(C)n2-c2cccnc21.CCN1c2ncc(CCOc3ccc(C(=O)OC)cc3C)cc2-c2ncc(C)n2-c2cccnc21.COC(=O)c1ccc(O)c(C)c1.Cc1cc(C(=O)O)ccc1O. The number of nitrogens with zero attached hydrogens (tertiary/aromatic N) is 15. The summed E-state index contributed by atoms with van der Waals surface area (Å²) >= 11 is 0. The number of imidazole rings is 3. The molecule has 0 fully saturated rings. The lowest BCUT2D eigenvalue weighted by atomic mass is 10.1. The number of carbonyl (C=O) groups is 4. The second kappa shape index (κ2) is 36.1. The Labute approximate surface area is 670 Å². The van der Waals surface area contributed by atoms with Gasteiger partial charge in [-0.2, -0.15) is 0 Å². The van der Waals surface area contributed by atoms with Crippen LogP contribution >= 0.6 is 0 Å². The van der Waals surface area contributed by atoms with E-state index >= 15 is 0 Å². The van der Waals surface area contributed by atoms with Crippen LogP contribution in [0.15, 0.2) is 183 Å². The van der Waals surface area contributed by atoms with Crippen LogP contribution in [-0.4, -0.2) is 162 Å². The number of aliphatic hydroxyl groups excluding tert-OH is 1. The molecule has 0 radical (unpaired) electrons. The van der Waals surface area contributed by atoms with Crippen molar-refractivity contribution >= 4 is 58.8 Å². The van der Waals surface area contributed by atoms with E-state index in [-0.39, 0.29) is 35.2 Å². The molecule has 12 heterocycles. The monoisotopic (exact) mass is 1560 g/mol. The highest BCUT2D eigenvalue weighted by Crippen LogP contribution is 2.45. The average Bonchev–Trinajstić information content (AvgIpc) is 1.61. The van der Waals surface area contributed by atoms with E-state index in [9.17, 15) is 24.3 Å². The van der Waals surface area contributed by atoms with E-state index in [1.807, 2.05) is 96.2 Å². The summed E-state index contributed by atoms with van der Waals surface area (Å²) in [5, 5.41) is 45.1. The topological polar surface area (TPSA) is 347 Å². The number of carboxylic acid groups (broad SMARTS) is 2. The minimum atomic E-state index is -0.979. The number of anilines is 6. The summed E-state index contributed by atoms with van der Waals surface area (Å²) in [5.74, 6) is 6.73. The molecule has 0 saturated heterocycles.